The van der Waals surface area contributed by atoms with Gasteiger partial charge in [-0.25, -0.2) is 0 Å². The van der Waals surface area contributed by atoms with Crippen molar-refractivity contribution < 1.29 is 24.0 Å². The molecule has 0 aromatic heterocycles. The van der Waals surface area contributed by atoms with E-state index < -0.39 is 10.8 Å². The van der Waals surface area contributed by atoms with Crippen molar-refractivity contribution in [3.8, 4) is 11.5 Å². The van der Waals surface area contributed by atoms with E-state index in [4.69, 9.17) is 9.47 Å². The molecule has 0 saturated heterocycles. The summed E-state index contributed by atoms with van der Waals surface area (Å²) in [5.41, 5.74) is 0.946. The highest BCUT2D eigenvalue weighted by Crippen LogP contribution is 2.31. The molecule has 0 heterocycles. The molecule has 136 valence electrons. The molecular formula is C17H17N3O6. The molecule has 0 saturated carbocycles. The minimum absolute atomic E-state index is 0.0952. The molecule has 26 heavy (non-hydrogen) atoms. The van der Waals surface area contributed by atoms with Crippen molar-refractivity contribution in [3.05, 3.63) is 52.6 Å². The Balaban J connectivity index is 1.97. The van der Waals surface area contributed by atoms with Crippen LogP contribution in [0, 0.1) is 10.1 Å². The van der Waals surface area contributed by atoms with E-state index >= 15 is 0 Å². The Morgan fingerprint density at radius 2 is 1.65 bits per heavy atom. The molecule has 9 nitrogen and oxygen atoms in total. The third kappa shape index (κ3) is 5.20. The number of ether oxygens (including phenoxy) is 2. The molecule has 0 aliphatic rings. The lowest BCUT2D eigenvalue weighted by atomic mass is 10.2. The van der Waals surface area contributed by atoms with Crippen LogP contribution in [0.3, 0.4) is 0 Å². The van der Waals surface area contributed by atoms with Crippen LogP contribution in [-0.2, 0) is 9.59 Å². The number of nitro groups is 1. The van der Waals surface area contributed by atoms with Gasteiger partial charge >= 0.3 is 0 Å². The summed E-state index contributed by atoms with van der Waals surface area (Å²) < 4.78 is 10.4. The van der Waals surface area contributed by atoms with E-state index in [1.165, 1.54) is 32.2 Å². The van der Waals surface area contributed by atoms with Crippen LogP contribution >= 0.6 is 0 Å². The molecule has 2 amide bonds. The first-order valence-corrected chi connectivity index (χ1v) is 7.52. The molecule has 0 bridgehead atoms. The molecule has 2 aromatic rings. The average Bonchev–Trinajstić information content (AvgIpc) is 2.60. The van der Waals surface area contributed by atoms with Crippen molar-refractivity contribution >= 4 is 28.9 Å². The maximum absolute atomic E-state index is 12.0. The van der Waals surface area contributed by atoms with Crippen molar-refractivity contribution in [3.63, 3.8) is 0 Å². The zero-order valence-electron chi connectivity index (χ0n) is 14.1. The summed E-state index contributed by atoms with van der Waals surface area (Å²) in [5.74, 6) is -0.271. The topological polar surface area (TPSA) is 120 Å². The molecule has 2 N–H and O–H groups in total. The quantitative estimate of drug-likeness (QED) is 0.579. The van der Waals surface area contributed by atoms with Gasteiger partial charge in [-0.1, -0.05) is 0 Å². The van der Waals surface area contributed by atoms with Crippen molar-refractivity contribution in [2.75, 3.05) is 24.4 Å². The highest BCUT2D eigenvalue weighted by Gasteiger charge is 2.14. The first kappa shape index (κ1) is 18.7. The predicted molar refractivity (Wildman–Crippen MR) is 94.5 cm³/mol. The zero-order chi connectivity index (χ0) is 19.1. The fourth-order valence-electron chi connectivity index (χ4n) is 2.07. The Hall–Kier alpha value is -3.62. The van der Waals surface area contributed by atoms with Gasteiger partial charge in [-0.05, 0) is 30.3 Å². The van der Waals surface area contributed by atoms with E-state index in [1.54, 1.807) is 24.3 Å². The summed E-state index contributed by atoms with van der Waals surface area (Å²) in [4.78, 5) is 33.2. The minimum Gasteiger partial charge on any atom is -0.493 e. The molecule has 0 spiro atoms. The predicted octanol–water partition coefficient (Wildman–Crippen LogP) is 2.58. The van der Waals surface area contributed by atoms with Crippen LogP contribution in [0.1, 0.15) is 6.92 Å². The highest BCUT2D eigenvalue weighted by atomic mass is 16.6. The molecule has 0 atom stereocenters. The monoisotopic (exact) mass is 359 g/mol. The number of hydrogen-bond donors (Lipinski definition) is 2. The lowest BCUT2D eigenvalue weighted by molar-refractivity contribution is -0.385. The fourth-order valence-corrected chi connectivity index (χ4v) is 2.07. The van der Waals surface area contributed by atoms with Crippen LogP contribution < -0.4 is 20.1 Å². The standard InChI is InChI=1S/C17H17N3O6/c1-11(21)18-12-3-5-13(6-4-12)19-17(22)10-26-16-9-14(20(23)24)7-8-15(16)25-2/h3-9H,10H2,1-2H3,(H,18,21)(H,19,22). The third-order valence-corrected chi connectivity index (χ3v) is 3.21. The van der Waals surface area contributed by atoms with Crippen LogP contribution in [0.25, 0.3) is 0 Å². The first-order chi connectivity index (χ1) is 12.4. The Bertz CT molecular complexity index is 820. The third-order valence-electron chi connectivity index (χ3n) is 3.21. The second kappa shape index (κ2) is 8.47. The first-order valence-electron chi connectivity index (χ1n) is 7.52. The van der Waals surface area contributed by atoms with Gasteiger partial charge in [-0.3, -0.25) is 19.7 Å². The smallest absolute Gasteiger partial charge is 0.273 e. The number of non-ortho nitro benzene ring substituents is 1. The second-order valence-corrected chi connectivity index (χ2v) is 5.19. The average molecular weight is 359 g/mol. The minimum atomic E-state index is -0.566. The van der Waals surface area contributed by atoms with Gasteiger partial charge in [0.1, 0.15) is 0 Å². The summed E-state index contributed by atoms with van der Waals surface area (Å²) in [7, 11) is 1.39. The Morgan fingerprint density at radius 3 is 2.19 bits per heavy atom. The van der Waals surface area contributed by atoms with E-state index in [1.807, 2.05) is 0 Å². The lowest BCUT2D eigenvalue weighted by Gasteiger charge is -2.11. The van der Waals surface area contributed by atoms with Gasteiger partial charge in [0, 0.05) is 24.4 Å². The van der Waals surface area contributed by atoms with Crippen molar-refractivity contribution in [2.24, 2.45) is 0 Å². The number of nitrogens with zero attached hydrogens (tertiary/aromatic N) is 1. The molecule has 9 heteroatoms. The van der Waals surface area contributed by atoms with Gasteiger partial charge in [-0.15, -0.1) is 0 Å². The van der Waals surface area contributed by atoms with Gasteiger partial charge in [0.15, 0.2) is 18.1 Å². The summed E-state index contributed by atoms with van der Waals surface area (Å²) >= 11 is 0. The van der Waals surface area contributed by atoms with Gasteiger partial charge in [0.2, 0.25) is 5.91 Å². The number of nitro benzene ring substituents is 1. The van der Waals surface area contributed by atoms with Gasteiger partial charge in [0.05, 0.1) is 18.1 Å². The van der Waals surface area contributed by atoms with E-state index in [2.05, 4.69) is 10.6 Å². The molecule has 0 radical (unpaired) electrons. The van der Waals surface area contributed by atoms with Gasteiger partial charge in [-0.2, -0.15) is 0 Å². The van der Waals surface area contributed by atoms with Crippen LogP contribution in [-0.4, -0.2) is 30.5 Å². The van der Waals surface area contributed by atoms with Crippen LogP contribution in [0.5, 0.6) is 11.5 Å². The lowest BCUT2D eigenvalue weighted by Crippen LogP contribution is -2.20. The number of benzene rings is 2. The number of carbonyl (C=O) groups excluding carboxylic acids is 2. The van der Waals surface area contributed by atoms with Crippen LogP contribution in [0.4, 0.5) is 17.1 Å². The van der Waals surface area contributed by atoms with E-state index in [-0.39, 0.29) is 29.7 Å². The number of amides is 2. The normalized spacial score (nSPS) is 9.92. The SMILES string of the molecule is COc1ccc([N+](=O)[O-])cc1OCC(=O)Nc1ccc(NC(C)=O)cc1. The van der Waals surface area contributed by atoms with Gasteiger partial charge in [0.25, 0.3) is 11.6 Å². The number of nitrogens with one attached hydrogen (secondary N) is 2. The fraction of sp³-hybridized carbons (Fsp3) is 0.176. The highest BCUT2D eigenvalue weighted by molar-refractivity contribution is 5.93. The molecule has 2 aromatic carbocycles. The number of anilines is 2. The summed E-state index contributed by atoms with van der Waals surface area (Å²) in [5, 5.41) is 16.1. The molecular weight excluding hydrogens is 342 g/mol. The summed E-state index contributed by atoms with van der Waals surface area (Å²) in [6.07, 6.45) is 0. The van der Waals surface area contributed by atoms with E-state index in [0.29, 0.717) is 11.4 Å². The van der Waals surface area contributed by atoms with Gasteiger partial charge < -0.3 is 20.1 Å². The van der Waals surface area contributed by atoms with Crippen molar-refractivity contribution in [1.82, 2.24) is 0 Å². The van der Waals surface area contributed by atoms with Crippen molar-refractivity contribution in [2.45, 2.75) is 6.92 Å². The number of rotatable bonds is 7. The number of methoxy groups -OCH3 is 1. The maximum Gasteiger partial charge on any atom is 0.273 e. The number of carbonyl (C=O) groups is 2. The van der Waals surface area contributed by atoms with E-state index in [9.17, 15) is 19.7 Å². The maximum atomic E-state index is 12.0. The van der Waals surface area contributed by atoms with Crippen LogP contribution in [0.15, 0.2) is 42.5 Å². The number of hydrogen-bond acceptors (Lipinski definition) is 6. The Kier molecular flexibility index (Phi) is 6.10. The summed E-state index contributed by atoms with van der Waals surface area (Å²) in [6, 6.07) is 10.4. The molecule has 0 unspecified atom stereocenters. The molecule has 0 aliphatic heterocycles. The van der Waals surface area contributed by atoms with E-state index in [0.717, 1.165) is 0 Å². The van der Waals surface area contributed by atoms with Crippen LogP contribution in [0.2, 0.25) is 0 Å². The molecule has 0 aliphatic carbocycles. The van der Waals surface area contributed by atoms with Crippen molar-refractivity contribution in [1.29, 1.82) is 0 Å². The Labute approximate surface area is 149 Å². The molecule has 0 fully saturated rings. The zero-order valence-corrected chi connectivity index (χ0v) is 14.1. The molecule has 2 rings (SSSR count). The second-order valence-electron chi connectivity index (χ2n) is 5.19. The summed E-state index contributed by atoms with van der Waals surface area (Å²) in [6.45, 7) is 1.04. The Morgan fingerprint density at radius 1 is 1.04 bits per heavy atom. The largest absolute Gasteiger partial charge is 0.493 e.